The fraction of sp³-hybridized carbons (Fsp3) is 0.167. The average Bonchev–Trinajstić information content (AvgIpc) is 3.24. The molecule has 2 aromatic carbocycles. The van der Waals surface area contributed by atoms with Crippen LogP contribution in [0.15, 0.2) is 54.2 Å². The van der Waals surface area contributed by atoms with Gasteiger partial charge in [0.2, 0.25) is 0 Å². The molecule has 10 nitrogen and oxygen atoms in total. The first-order valence-electron chi connectivity index (χ1n) is 10.2. The van der Waals surface area contributed by atoms with Crippen molar-refractivity contribution >= 4 is 46.5 Å². The highest BCUT2D eigenvalue weighted by molar-refractivity contribution is 6.39. The van der Waals surface area contributed by atoms with Crippen LogP contribution >= 0.6 is 0 Å². The summed E-state index contributed by atoms with van der Waals surface area (Å²) in [5.41, 5.74) is 1.13. The van der Waals surface area contributed by atoms with Crippen molar-refractivity contribution in [1.29, 1.82) is 0 Å². The standard InChI is InChI=1S/C24H21N3O7/c1-13(23(30)31)26-9-8-15-10-14(4-6-18(15)26)11-17-21(28)25-24(32)27(22(17)29)19-7-5-16(33-2)12-20(19)34-3/h4-13H,1-3H3,(H,30,31)(H,25,28,32). The topological polar surface area (TPSA) is 127 Å². The maximum Gasteiger partial charge on any atom is 0.336 e. The summed E-state index contributed by atoms with van der Waals surface area (Å²) >= 11 is 0. The minimum atomic E-state index is -0.966. The van der Waals surface area contributed by atoms with E-state index in [9.17, 15) is 24.3 Å². The summed E-state index contributed by atoms with van der Waals surface area (Å²) in [6.07, 6.45) is 3.04. The first-order valence-corrected chi connectivity index (χ1v) is 10.2. The van der Waals surface area contributed by atoms with Crippen molar-refractivity contribution in [2.45, 2.75) is 13.0 Å². The Morgan fingerprint density at radius 1 is 1.06 bits per heavy atom. The summed E-state index contributed by atoms with van der Waals surface area (Å²) in [6.45, 7) is 1.57. The van der Waals surface area contributed by atoms with Crippen LogP contribution in [-0.4, -0.2) is 47.7 Å². The lowest BCUT2D eigenvalue weighted by Gasteiger charge is -2.27. The molecule has 0 spiro atoms. The van der Waals surface area contributed by atoms with Gasteiger partial charge in [-0.2, -0.15) is 0 Å². The molecule has 0 bridgehead atoms. The molecule has 0 saturated carbocycles. The number of nitrogens with one attached hydrogen (secondary N) is 1. The van der Waals surface area contributed by atoms with Gasteiger partial charge in [-0.15, -0.1) is 0 Å². The molecule has 174 valence electrons. The molecule has 0 radical (unpaired) electrons. The molecular formula is C24H21N3O7. The molecule has 1 aromatic heterocycles. The molecule has 34 heavy (non-hydrogen) atoms. The molecule has 4 amide bonds. The van der Waals surface area contributed by atoms with Crippen molar-refractivity contribution in [1.82, 2.24) is 9.88 Å². The molecule has 3 aromatic rings. The number of aliphatic carboxylic acids is 1. The third kappa shape index (κ3) is 3.85. The maximum atomic E-state index is 13.2. The molecule has 1 fully saturated rings. The van der Waals surface area contributed by atoms with Crippen LogP contribution in [-0.2, 0) is 14.4 Å². The van der Waals surface area contributed by atoms with Gasteiger partial charge in [0.15, 0.2) is 0 Å². The highest BCUT2D eigenvalue weighted by Crippen LogP contribution is 2.34. The van der Waals surface area contributed by atoms with Crippen molar-refractivity contribution < 1.29 is 33.8 Å². The van der Waals surface area contributed by atoms with Crippen LogP contribution in [0, 0.1) is 0 Å². The normalized spacial score (nSPS) is 16.0. The first-order chi connectivity index (χ1) is 16.2. The summed E-state index contributed by atoms with van der Waals surface area (Å²) in [6, 6.07) is 9.76. The minimum Gasteiger partial charge on any atom is -0.497 e. The second kappa shape index (κ2) is 8.74. The Balaban J connectivity index is 1.73. The van der Waals surface area contributed by atoms with Crippen LogP contribution in [0.5, 0.6) is 11.5 Å². The number of ether oxygens (including phenoxy) is 2. The Morgan fingerprint density at radius 2 is 1.82 bits per heavy atom. The number of carbonyl (C=O) groups is 4. The number of hydrogen-bond donors (Lipinski definition) is 2. The maximum absolute atomic E-state index is 13.2. The predicted molar refractivity (Wildman–Crippen MR) is 123 cm³/mol. The van der Waals surface area contributed by atoms with Gasteiger partial charge in [0.1, 0.15) is 23.1 Å². The Labute approximate surface area is 194 Å². The van der Waals surface area contributed by atoms with Crippen LogP contribution in [0.1, 0.15) is 18.5 Å². The molecule has 4 rings (SSSR count). The second-order valence-electron chi connectivity index (χ2n) is 7.55. The van der Waals surface area contributed by atoms with Crippen LogP contribution in [0.2, 0.25) is 0 Å². The first kappa shape index (κ1) is 22.6. The summed E-state index contributed by atoms with van der Waals surface area (Å²) < 4.78 is 12.1. The van der Waals surface area contributed by atoms with Gasteiger partial charge in [0, 0.05) is 23.2 Å². The SMILES string of the molecule is COc1ccc(N2C(=O)NC(=O)C(=Cc3ccc4c(ccn4C(C)C(=O)O)c3)C2=O)c(OC)c1. The largest absolute Gasteiger partial charge is 0.497 e. The Hall–Kier alpha value is -4.60. The number of anilines is 1. The van der Waals surface area contributed by atoms with Crippen LogP contribution in [0.4, 0.5) is 10.5 Å². The van der Waals surface area contributed by atoms with Crippen molar-refractivity contribution in [3.63, 3.8) is 0 Å². The zero-order valence-electron chi connectivity index (χ0n) is 18.6. The van der Waals surface area contributed by atoms with E-state index in [1.165, 1.54) is 32.4 Å². The van der Waals surface area contributed by atoms with Crippen LogP contribution in [0.3, 0.4) is 0 Å². The monoisotopic (exact) mass is 463 g/mol. The molecule has 1 atom stereocenters. The number of imide groups is 2. The molecule has 2 heterocycles. The Kier molecular flexibility index (Phi) is 5.80. The number of amides is 4. The fourth-order valence-electron chi connectivity index (χ4n) is 3.74. The lowest BCUT2D eigenvalue weighted by Crippen LogP contribution is -2.54. The minimum absolute atomic E-state index is 0.152. The van der Waals surface area contributed by atoms with Crippen molar-refractivity contribution in [2.24, 2.45) is 0 Å². The number of carbonyl (C=O) groups excluding carboxylic acids is 3. The van der Waals surface area contributed by atoms with E-state index in [0.29, 0.717) is 16.8 Å². The molecule has 1 aliphatic heterocycles. The van der Waals surface area contributed by atoms with E-state index < -0.39 is 29.9 Å². The number of aromatic nitrogens is 1. The van der Waals surface area contributed by atoms with E-state index in [-0.39, 0.29) is 17.0 Å². The molecule has 1 saturated heterocycles. The second-order valence-corrected chi connectivity index (χ2v) is 7.55. The summed E-state index contributed by atoms with van der Waals surface area (Å²) in [5.74, 6) is -1.92. The molecular weight excluding hydrogens is 442 g/mol. The van der Waals surface area contributed by atoms with Crippen molar-refractivity contribution in [3.8, 4) is 11.5 Å². The lowest BCUT2D eigenvalue weighted by atomic mass is 10.1. The number of methoxy groups -OCH3 is 2. The van der Waals surface area contributed by atoms with E-state index >= 15 is 0 Å². The zero-order chi connectivity index (χ0) is 24.6. The fourth-order valence-corrected chi connectivity index (χ4v) is 3.74. The summed E-state index contributed by atoms with van der Waals surface area (Å²) in [4.78, 5) is 50.4. The van der Waals surface area contributed by atoms with Gasteiger partial charge in [-0.05, 0) is 48.9 Å². The number of rotatable bonds is 6. The number of urea groups is 1. The van der Waals surface area contributed by atoms with E-state index in [1.54, 1.807) is 48.0 Å². The number of carboxylic acid groups (broad SMARTS) is 1. The number of fused-ring (bicyclic) bond motifs is 1. The number of barbiturate groups is 1. The highest BCUT2D eigenvalue weighted by atomic mass is 16.5. The molecule has 2 N–H and O–H groups in total. The van der Waals surface area contributed by atoms with Gasteiger partial charge in [0.05, 0.1) is 19.9 Å². The lowest BCUT2D eigenvalue weighted by molar-refractivity contribution is -0.140. The van der Waals surface area contributed by atoms with Gasteiger partial charge in [-0.3, -0.25) is 14.9 Å². The Morgan fingerprint density at radius 3 is 2.50 bits per heavy atom. The predicted octanol–water partition coefficient (Wildman–Crippen LogP) is 2.97. The number of carboxylic acids is 1. The molecule has 10 heteroatoms. The average molecular weight is 463 g/mol. The molecule has 1 aliphatic rings. The number of hydrogen-bond acceptors (Lipinski definition) is 6. The van der Waals surface area contributed by atoms with E-state index in [2.05, 4.69) is 5.32 Å². The molecule has 1 unspecified atom stereocenters. The van der Waals surface area contributed by atoms with Gasteiger partial charge in [-0.25, -0.2) is 14.5 Å². The van der Waals surface area contributed by atoms with Crippen molar-refractivity contribution in [3.05, 3.63) is 59.8 Å². The van der Waals surface area contributed by atoms with Gasteiger partial charge >= 0.3 is 12.0 Å². The highest BCUT2D eigenvalue weighted by Gasteiger charge is 2.38. The van der Waals surface area contributed by atoms with Crippen molar-refractivity contribution in [2.75, 3.05) is 19.1 Å². The van der Waals surface area contributed by atoms with Gasteiger partial charge < -0.3 is 19.1 Å². The number of nitrogens with zero attached hydrogens (tertiary/aromatic N) is 2. The van der Waals surface area contributed by atoms with Gasteiger partial charge in [-0.1, -0.05) is 6.07 Å². The molecule has 0 aliphatic carbocycles. The number of benzene rings is 2. The third-order valence-electron chi connectivity index (χ3n) is 5.56. The zero-order valence-corrected chi connectivity index (χ0v) is 18.6. The summed E-state index contributed by atoms with van der Waals surface area (Å²) in [7, 11) is 2.86. The van der Waals surface area contributed by atoms with E-state index in [1.807, 2.05) is 0 Å². The smallest absolute Gasteiger partial charge is 0.336 e. The summed E-state index contributed by atoms with van der Waals surface area (Å²) in [5, 5.41) is 12.2. The quantitative estimate of drug-likeness (QED) is 0.425. The van der Waals surface area contributed by atoms with E-state index in [0.717, 1.165) is 10.3 Å². The Bertz CT molecular complexity index is 1370. The van der Waals surface area contributed by atoms with Gasteiger partial charge in [0.25, 0.3) is 11.8 Å². The third-order valence-corrected chi connectivity index (χ3v) is 5.56. The van der Waals surface area contributed by atoms with E-state index in [4.69, 9.17) is 9.47 Å². The van der Waals surface area contributed by atoms with Crippen LogP contribution in [0.25, 0.3) is 17.0 Å². The van der Waals surface area contributed by atoms with Crippen LogP contribution < -0.4 is 19.7 Å².